The molecule has 21 heavy (non-hydrogen) atoms. The Kier molecular flexibility index (Phi) is 5.35. The normalized spacial score (nSPS) is 12.3. The maximum atomic E-state index is 10.7. The van der Waals surface area contributed by atoms with Crippen molar-refractivity contribution < 1.29 is 9.90 Å². The summed E-state index contributed by atoms with van der Waals surface area (Å²) in [5.41, 5.74) is 7.36. The van der Waals surface area contributed by atoms with Crippen molar-refractivity contribution in [2.24, 2.45) is 5.73 Å². The Balaban J connectivity index is 2.13. The van der Waals surface area contributed by atoms with Crippen molar-refractivity contribution in [3.05, 3.63) is 41.7 Å². The average Bonchev–Trinajstić information content (AvgIpc) is 2.89. The van der Waals surface area contributed by atoms with Gasteiger partial charge in [0, 0.05) is 6.54 Å². The molecule has 6 nitrogen and oxygen atoms in total. The summed E-state index contributed by atoms with van der Waals surface area (Å²) in [5, 5.41) is 17.5. The highest BCUT2D eigenvalue weighted by molar-refractivity contribution is 7.99. The number of benzene rings is 1. The van der Waals surface area contributed by atoms with Crippen molar-refractivity contribution in [1.29, 1.82) is 0 Å². The van der Waals surface area contributed by atoms with Crippen molar-refractivity contribution >= 4 is 17.7 Å². The quantitative estimate of drug-likeness (QED) is 0.756. The standard InChI is InChI=1S/C14H18N4O2S/c1-2-18-13(16-17-14(18)21-9-12(19)20)11(15)8-10-6-4-3-5-7-10/h3-7,11H,2,8-9,15H2,1H3,(H,19,20)/t11-/m0/s1. The first-order valence-corrected chi connectivity index (χ1v) is 7.67. The van der Waals surface area contributed by atoms with E-state index in [1.807, 2.05) is 41.8 Å². The lowest BCUT2D eigenvalue weighted by Gasteiger charge is -2.13. The van der Waals surface area contributed by atoms with E-state index >= 15 is 0 Å². The highest BCUT2D eigenvalue weighted by Crippen LogP contribution is 2.21. The number of rotatable bonds is 7. The van der Waals surface area contributed by atoms with Crippen LogP contribution < -0.4 is 5.73 Å². The third-order valence-electron chi connectivity index (χ3n) is 3.02. The van der Waals surface area contributed by atoms with Crippen LogP contribution in [0.3, 0.4) is 0 Å². The molecule has 2 aromatic rings. The maximum Gasteiger partial charge on any atom is 0.313 e. The molecule has 0 aliphatic rings. The zero-order chi connectivity index (χ0) is 15.2. The number of carbonyl (C=O) groups is 1. The maximum absolute atomic E-state index is 10.7. The minimum absolute atomic E-state index is 0.0357. The summed E-state index contributed by atoms with van der Waals surface area (Å²) in [5.74, 6) is -0.221. The molecular formula is C14H18N4O2S. The summed E-state index contributed by atoms with van der Waals surface area (Å²) in [6.07, 6.45) is 0.669. The molecule has 2 rings (SSSR count). The lowest BCUT2D eigenvalue weighted by Crippen LogP contribution is -2.19. The predicted octanol–water partition coefficient (Wildman–Crippen LogP) is 1.72. The second-order valence-corrected chi connectivity index (χ2v) is 5.51. The van der Waals surface area contributed by atoms with Gasteiger partial charge in [-0.1, -0.05) is 42.1 Å². The summed E-state index contributed by atoms with van der Waals surface area (Å²) in [6, 6.07) is 9.68. The molecule has 7 heteroatoms. The summed E-state index contributed by atoms with van der Waals surface area (Å²) in [7, 11) is 0. The van der Waals surface area contributed by atoms with Gasteiger partial charge in [-0.05, 0) is 18.9 Å². The van der Waals surface area contributed by atoms with Crippen molar-refractivity contribution in [3.63, 3.8) is 0 Å². The van der Waals surface area contributed by atoms with E-state index in [0.717, 1.165) is 17.3 Å². The van der Waals surface area contributed by atoms with Crippen LogP contribution in [0.2, 0.25) is 0 Å². The van der Waals surface area contributed by atoms with Crippen molar-refractivity contribution in [3.8, 4) is 0 Å². The van der Waals surface area contributed by atoms with Crippen LogP contribution in [0, 0.1) is 0 Å². The average molecular weight is 306 g/mol. The fraction of sp³-hybridized carbons (Fsp3) is 0.357. The molecule has 1 aromatic carbocycles. The first-order valence-electron chi connectivity index (χ1n) is 6.69. The van der Waals surface area contributed by atoms with Gasteiger partial charge in [-0.25, -0.2) is 0 Å². The monoisotopic (exact) mass is 306 g/mol. The third-order valence-corrected chi connectivity index (χ3v) is 3.97. The van der Waals surface area contributed by atoms with Gasteiger partial charge in [-0.3, -0.25) is 4.79 Å². The first-order chi connectivity index (χ1) is 10.1. The van der Waals surface area contributed by atoms with Crippen LogP contribution in [-0.4, -0.2) is 31.6 Å². The fourth-order valence-electron chi connectivity index (χ4n) is 2.06. The summed E-state index contributed by atoms with van der Waals surface area (Å²) >= 11 is 1.16. The van der Waals surface area contributed by atoms with Gasteiger partial charge in [0.25, 0.3) is 0 Å². The number of hydrogen-bond donors (Lipinski definition) is 2. The van der Waals surface area contributed by atoms with Gasteiger partial charge in [0.1, 0.15) is 0 Å². The molecule has 0 unspecified atom stereocenters. The van der Waals surface area contributed by atoms with Crippen LogP contribution in [0.15, 0.2) is 35.5 Å². The molecule has 112 valence electrons. The molecule has 1 aromatic heterocycles. The molecule has 0 spiro atoms. The van der Waals surface area contributed by atoms with Crippen molar-refractivity contribution in [2.75, 3.05) is 5.75 Å². The largest absolute Gasteiger partial charge is 0.481 e. The lowest BCUT2D eigenvalue weighted by molar-refractivity contribution is -0.133. The van der Waals surface area contributed by atoms with Crippen LogP contribution in [0.4, 0.5) is 0 Å². The molecule has 1 atom stereocenters. The minimum atomic E-state index is -0.874. The summed E-state index contributed by atoms with van der Waals surface area (Å²) in [6.45, 7) is 2.62. The van der Waals surface area contributed by atoms with Crippen LogP contribution in [-0.2, 0) is 17.8 Å². The second kappa shape index (κ2) is 7.24. The Morgan fingerprint density at radius 3 is 2.71 bits per heavy atom. The van der Waals surface area contributed by atoms with Crippen LogP contribution in [0.5, 0.6) is 0 Å². The molecular weight excluding hydrogens is 288 g/mol. The zero-order valence-corrected chi connectivity index (χ0v) is 12.6. The van der Waals surface area contributed by atoms with Crippen LogP contribution in [0.25, 0.3) is 0 Å². The van der Waals surface area contributed by atoms with E-state index in [9.17, 15) is 4.79 Å². The number of carboxylic acids is 1. The highest BCUT2D eigenvalue weighted by Gasteiger charge is 2.18. The fourth-order valence-corrected chi connectivity index (χ4v) is 2.79. The van der Waals surface area contributed by atoms with Gasteiger partial charge in [-0.2, -0.15) is 0 Å². The highest BCUT2D eigenvalue weighted by atomic mass is 32.2. The molecule has 0 bridgehead atoms. The van der Waals surface area contributed by atoms with E-state index in [-0.39, 0.29) is 11.8 Å². The van der Waals surface area contributed by atoms with E-state index < -0.39 is 5.97 Å². The lowest BCUT2D eigenvalue weighted by atomic mass is 10.1. The number of carboxylic acid groups (broad SMARTS) is 1. The van der Waals surface area contributed by atoms with Gasteiger partial charge in [0.15, 0.2) is 11.0 Å². The number of nitrogens with zero attached hydrogens (tertiary/aromatic N) is 3. The molecule has 0 fully saturated rings. The van der Waals surface area contributed by atoms with E-state index in [1.165, 1.54) is 0 Å². The van der Waals surface area contributed by atoms with E-state index in [1.54, 1.807) is 0 Å². The summed E-state index contributed by atoms with van der Waals surface area (Å²) in [4.78, 5) is 10.7. The van der Waals surface area contributed by atoms with Gasteiger partial charge >= 0.3 is 5.97 Å². The number of nitrogens with two attached hydrogens (primary N) is 1. The predicted molar refractivity (Wildman–Crippen MR) is 81.1 cm³/mol. The van der Waals surface area contributed by atoms with Crippen molar-refractivity contribution in [2.45, 2.75) is 31.1 Å². The molecule has 0 saturated heterocycles. The second-order valence-electron chi connectivity index (χ2n) is 4.56. The smallest absolute Gasteiger partial charge is 0.313 e. The van der Waals surface area contributed by atoms with E-state index in [0.29, 0.717) is 23.9 Å². The molecule has 0 amide bonds. The van der Waals surface area contributed by atoms with E-state index in [2.05, 4.69) is 10.2 Å². The van der Waals surface area contributed by atoms with Gasteiger partial charge in [0.2, 0.25) is 0 Å². The SMILES string of the molecule is CCn1c(SCC(=O)O)nnc1[C@@H](N)Cc1ccccc1. The number of hydrogen-bond acceptors (Lipinski definition) is 5. The third kappa shape index (κ3) is 4.05. The van der Waals surface area contributed by atoms with Gasteiger partial charge in [-0.15, -0.1) is 10.2 Å². The van der Waals surface area contributed by atoms with Gasteiger partial charge < -0.3 is 15.4 Å². The van der Waals surface area contributed by atoms with E-state index in [4.69, 9.17) is 10.8 Å². The molecule has 0 saturated carbocycles. The Hall–Kier alpha value is -1.86. The topological polar surface area (TPSA) is 94.0 Å². The Labute approximate surface area is 127 Å². The van der Waals surface area contributed by atoms with Gasteiger partial charge in [0.05, 0.1) is 11.8 Å². The molecule has 0 radical (unpaired) electrons. The molecule has 0 aliphatic carbocycles. The molecule has 0 aliphatic heterocycles. The van der Waals surface area contributed by atoms with Crippen LogP contribution in [0.1, 0.15) is 24.4 Å². The Bertz CT molecular complexity index is 600. The zero-order valence-electron chi connectivity index (χ0n) is 11.8. The number of thioether (sulfide) groups is 1. The summed E-state index contributed by atoms with van der Waals surface area (Å²) < 4.78 is 1.88. The minimum Gasteiger partial charge on any atom is -0.481 e. The number of aromatic nitrogens is 3. The molecule has 1 heterocycles. The van der Waals surface area contributed by atoms with Crippen LogP contribution >= 0.6 is 11.8 Å². The molecule has 3 N–H and O–H groups in total. The Morgan fingerprint density at radius 1 is 1.38 bits per heavy atom. The van der Waals surface area contributed by atoms with Crippen molar-refractivity contribution in [1.82, 2.24) is 14.8 Å². The first kappa shape index (κ1) is 15.5. The Morgan fingerprint density at radius 2 is 2.10 bits per heavy atom. The number of aliphatic carboxylic acids is 1.